The molecule has 0 saturated heterocycles. The van der Waals surface area contributed by atoms with Crippen LogP contribution in [0.15, 0.2) is 0 Å². The van der Waals surface area contributed by atoms with Gasteiger partial charge in [-0.3, -0.25) is 9.59 Å². The van der Waals surface area contributed by atoms with Gasteiger partial charge in [0, 0.05) is 0 Å². The smallest absolute Gasteiger partial charge is 0.318 e. The van der Waals surface area contributed by atoms with Gasteiger partial charge in [0.1, 0.15) is 5.92 Å². The van der Waals surface area contributed by atoms with Crippen LogP contribution in [0.1, 0.15) is 26.7 Å². The summed E-state index contributed by atoms with van der Waals surface area (Å²) in [6, 6.07) is 0. The van der Waals surface area contributed by atoms with Gasteiger partial charge in [0.25, 0.3) is 0 Å². The van der Waals surface area contributed by atoms with Gasteiger partial charge in [-0.25, -0.2) is 0 Å². The third-order valence-corrected chi connectivity index (χ3v) is 1.52. The van der Waals surface area contributed by atoms with Crippen LogP contribution in [0, 0.1) is 5.92 Å². The van der Waals surface area contributed by atoms with E-state index >= 15 is 0 Å². The minimum absolute atomic E-state index is 0.368. The summed E-state index contributed by atoms with van der Waals surface area (Å²) in [4.78, 5) is 21.4. The number of unbranched alkanes of at least 4 members (excludes halogenated alkanes) is 1. The lowest BCUT2D eigenvalue weighted by Gasteiger charge is -2.06. The number of esters is 1. The highest BCUT2D eigenvalue weighted by atomic mass is 16.5. The van der Waals surface area contributed by atoms with Crippen molar-refractivity contribution in [3.8, 4) is 0 Å². The number of hydrogen-bond donors (Lipinski definition) is 1. The molecular weight excluding hydrogens is 158 g/mol. The van der Waals surface area contributed by atoms with Gasteiger partial charge in [0.2, 0.25) is 5.91 Å². The molecule has 0 heterocycles. The van der Waals surface area contributed by atoms with E-state index in [2.05, 4.69) is 0 Å². The van der Waals surface area contributed by atoms with Crippen molar-refractivity contribution in [2.24, 2.45) is 11.7 Å². The molecule has 0 spiro atoms. The minimum atomic E-state index is -0.832. The first-order chi connectivity index (χ1) is 5.59. The van der Waals surface area contributed by atoms with Crippen LogP contribution >= 0.6 is 0 Å². The Hall–Kier alpha value is -1.06. The van der Waals surface area contributed by atoms with Crippen LogP contribution < -0.4 is 5.73 Å². The number of ether oxygens (including phenoxy) is 1. The van der Waals surface area contributed by atoms with E-state index in [0.717, 1.165) is 12.8 Å². The molecule has 2 N–H and O–H groups in total. The average molecular weight is 173 g/mol. The van der Waals surface area contributed by atoms with Crippen LogP contribution in [0.3, 0.4) is 0 Å². The SMILES string of the molecule is CCCCOC(=O)C(C)C(N)=O. The van der Waals surface area contributed by atoms with E-state index in [-0.39, 0.29) is 0 Å². The summed E-state index contributed by atoms with van der Waals surface area (Å²) in [5.41, 5.74) is 4.90. The second-order valence-electron chi connectivity index (χ2n) is 2.65. The van der Waals surface area contributed by atoms with E-state index < -0.39 is 17.8 Å². The molecule has 12 heavy (non-hydrogen) atoms. The van der Waals surface area contributed by atoms with Gasteiger partial charge in [0.15, 0.2) is 0 Å². The lowest BCUT2D eigenvalue weighted by atomic mass is 10.2. The largest absolute Gasteiger partial charge is 0.465 e. The first-order valence-corrected chi connectivity index (χ1v) is 4.05. The van der Waals surface area contributed by atoms with Crippen LogP contribution in [0.5, 0.6) is 0 Å². The average Bonchev–Trinajstić information content (AvgIpc) is 2.03. The molecule has 0 aromatic rings. The minimum Gasteiger partial charge on any atom is -0.465 e. The zero-order valence-corrected chi connectivity index (χ0v) is 7.50. The molecule has 0 aromatic carbocycles. The molecule has 4 heteroatoms. The number of nitrogens with two attached hydrogens (primary N) is 1. The summed E-state index contributed by atoms with van der Waals surface area (Å²) in [5, 5.41) is 0. The third-order valence-electron chi connectivity index (χ3n) is 1.52. The summed E-state index contributed by atoms with van der Waals surface area (Å²) in [5.74, 6) is -2.01. The summed E-state index contributed by atoms with van der Waals surface area (Å²) in [7, 11) is 0. The van der Waals surface area contributed by atoms with E-state index in [9.17, 15) is 9.59 Å². The molecular formula is C8H15NO3. The summed E-state index contributed by atoms with van der Waals surface area (Å²) >= 11 is 0. The molecule has 1 amide bonds. The van der Waals surface area contributed by atoms with Crippen molar-refractivity contribution >= 4 is 11.9 Å². The highest BCUT2D eigenvalue weighted by molar-refractivity contribution is 5.96. The maximum absolute atomic E-state index is 10.9. The number of primary amides is 1. The Morgan fingerprint density at radius 1 is 1.50 bits per heavy atom. The molecule has 0 radical (unpaired) electrons. The molecule has 70 valence electrons. The fourth-order valence-electron chi connectivity index (χ4n) is 0.558. The maximum atomic E-state index is 10.9. The Balaban J connectivity index is 3.65. The van der Waals surface area contributed by atoms with Crippen molar-refractivity contribution in [3.05, 3.63) is 0 Å². The van der Waals surface area contributed by atoms with Gasteiger partial charge >= 0.3 is 5.97 Å². The molecule has 1 atom stereocenters. The maximum Gasteiger partial charge on any atom is 0.318 e. The molecule has 0 bridgehead atoms. The molecule has 1 unspecified atom stereocenters. The molecule has 0 aliphatic carbocycles. The second kappa shape index (κ2) is 5.57. The molecule has 0 aliphatic heterocycles. The van der Waals surface area contributed by atoms with E-state index in [1.165, 1.54) is 6.92 Å². The van der Waals surface area contributed by atoms with Gasteiger partial charge < -0.3 is 10.5 Å². The lowest BCUT2D eigenvalue weighted by molar-refractivity contribution is -0.151. The van der Waals surface area contributed by atoms with Gasteiger partial charge in [-0.15, -0.1) is 0 Å². The molecule has 0 aromatic heterocycles. The number of carbonyl (C=O) groups excluding carboxylic acids is 2. The second-order valence-corrected chi connectivity index (χ2v) is 2.65. The Kier molecular flexibility index (Phi) is 5.08. The zero-order chi connectivity index (χ0) is 9.56. The normalized spacial score (nSPS) is 12.2. The number of hydrogen-bond acceptors (Lipinski definition) is 3. The van der Waals surface area contributed by atoms with Crippen molar-refractivity contribution in [2.45, 2.75) is 26.7 Å². The Bertz CT molecular complexity index is 168. The summed E-state index contributed by atoms with van der Waals surface area (Å²) in [6.45, 7) is 3.80. The van der Waals surface area contributed by atoms with Gasteiger partial charge in [-0.05, 0) is 13.3 Å². The van der Waals surface area contributed by atoms with Gasteiger partial charge in [-0.1, -0.05) is 13.3 Å². The van der Waals surface area contributed by atoms with Crippen molar-refractivity contribution in [2.75, 3.05) is 6.61 Å². The van der Waals surface area contributed by atoms with Gasteiger partial charge in [-0.2, -0.15) is 0 Å². The molecule has 0 fully saturated rings. The van der Waals surface area contributed by atoms with Crippen molar-refractivity contribution < 1.29 is 14.3 Å². The summed E-state index contributed by atoms with van der Waals surface area (Å²) < 4.78 is 4.77. The van der Waals surface area contributed by atoms with Crippen molar-refractivity contribution in [3.63, 3.8) is 0 Å². The first-order valence-electron chi connectivity index (χ1n) is 4.05. The van der Waals surface area contributed by atoms with Crippen molar-refractivity contribution in [1.82, 2.24) is 0 Å². The molecule has 0 saturated carbocycles. The third kappa shape index (κ3) is 3.95. The van der Waals surface area contributed by atoms with Crippen LogP contribution in [0.4, 0.5) is 0 Å². The fraction of sp³-hybridized carbons (Fsp3) is 0.750. The number of rotatable bonds is 5. The highest BCUT2D eigenvalue weighted by Gasteiger charge is 2.19. The highest BCUT2D eigenvalue weighted by Crippen LogP contribution is 1.98. The van der Waals surface area contributed by atoms with E-state index in [4.69, 9.17) is 10.5 Å². The zero-order valence-electron chi connectivity index (χ0n) is 7.50. The van der Waals surface area contributed by atoms with Crippen LogP contribution in [-0.2, 0) is 14.3 Å². The van der Waals surface area contributed by atoms with Crippen LogP contribution in [-0.4, -0.2) is 18.5 Å². The molecule has 0 aliphatic rings. The Morgan fingerprint density at radius 2 is 2.08 bits per heavy atom. The molecule has 4 nitrogen and oxygen atoms in total. The lowest BCUT2D eigenvalue weighted by Crippen LogP contribution is -2.29. The van der Waals surface area contributed by atoms with E-state index in [0.29, 0.717) is 6.61 Å². The predicted octanol–water partition coefficient (Wildman–Crippen LogP) is 0.451. The van der Waals surface area contributed by atoms with Gasteiger partial charge in [0.05, 0.1) is 6.61 Å². The fourth-order valence-corrected chi connectivity index (χ4v) is 0.558. The topological polar surface area (TPSA) is 69.4 Å². The molecule has 0 rings (SSSR count). The van der Waals surface area contributed by atoms with Crippen molar-refractivity contribution in [1.29, 1.82) is 0 Å². The van der Waals surface area contributed by atoms with Crippen LogP contribution in [0.25, 0.3) is 0 Å². The van der Waals surface area contributed by atoms with E-state index in [1.54, 1.807) is 0 Å². The summed E-state index contributed by atoms with van der Waals surface area (Å²) in [6.07, 6.45) is 1.77. The van der Waals surface area contributed by atoms with Crippen LogP contribution in [0.2, 0.25) is 0 Å². The predicted molar refractivity (Wildman–Crippen MR) is 44.2 cm³/mol. The standard InChI is InChI=1S/C8H15NO3/c1-3-4-5-12-8(11)6(2)7(9)10/h6H,3-5H2,1-2H3,(H2,9,10). The monoisotopic (exact) mass is 173 g/mol. The number of carbonyl (C=O) groups is 2. The quantitative estimate of drug-likeness (QED) is 0.373. The Labute approximate surface area is 72.1 Å². The number of amides is 1. The Morgan fingerprint density at radius 3 is 2.50 bits per heavy atom. The van der Waals surface area contributed by atoms with E-state index in [1.807, 2.05) is 6.92 Å². The first kappa shape index (κ1) is 10.9.